The van der Waals surface area contributed by atoms with Crippen LogP contribution in [0.15, 0.2) is 48.5 Å². The Morgan fingerprint density at radius 3 is 2.55 bits per heavy atom. The fraction of sp³-hybridized carbons (Fsp3) is 0.250. The summed E-state index contributed by atoms with van der Waals surface area (Å²) in [5.41, 5.74) is 7.39. The average Bonchev–Trinajstić information content (AvgIpc) is 2.52. The molecule has 0 fully saturated rings. The van der Waals surface area contributed by atoms with Gasteiger partial charge in [0.2, 0.25) is 0 Å². The molecule has 0 spiro atoms. The highest BCUT2D eigenvalue weighted by Crippen LogP contribution is 2.18. The molecular weight excluding hydrogens is 254 g/mol. The molecule has 2 aromatic carbocycles. The average molecular weight is 273 g/mol. The predicted molar refractivity (Wildman–Crippen MR) is 77.7 cm³/mol. The molecule has 0 unspecified atom stereocenters. The standard InChI is InChI=1S/C16H19NO3/c17-11-13-4-3-6-15(10-13)19-8-9-20-16-7-2-1-5-14(16)12-18/h1-7,10,18H,8-9,11-12,17H2. The van der Waals surface area contributed by atoms with Crippen molar-refractivity contribution in [1.29, 1.82) is 0 Å². The van der Waals surface area contributed by atoms with Crippen LogP contribution in [-0.4, -0.2) is 18.3 Å². The number of para-hydroxylation sites is 1. The van der Waals surface area contributed by atoms with Gasteiger partial charge in [0.1, 0.15) is 24.7 Å². The molecule has 0 bridgehead atoms. The van der Waals surface area contributed by atoms with Crippen LogP contribution < -0.4 is 15.2 Å². The van der Waals surface area contributed by atoms with Crippen molar-refractivity contribution in [2.24, 2.45) is 5.73 Å². The summed E-state index contributed by atoms with van der Waals surface area (Å²) in [6, 6.07) is 15.1. The molecule has 0 amide bonds. The topological polar surface area (TPSA) is 64.7 Å². The summed E-state index contributed by atoms with van der Waals surface area (Å²) in [6.07, 6.45) is 0. The third-order valence-corrected chi connectivity index (χ3v) is 2.89. The molecule has 3 N–H and O–H groups in total. The van der Waals surface area contributed by atoms with Crippen LogP contribution in [0.2, 0.25) is 0 Å². The number of rotatable bonds is 7. The van der Waals surface area contributed by atoms with E-state index in [-0.39, 0.29) is 6.61 Å². The number of aliphatic hydroxyl groups is 1. The lowest BCUT2D eigenvalue weighted by atomic mass is 10.2. The van der Waals surface area contributed by atoms with Gasteiger partial charge in [0.15, 0.2) is 0 Å². The Balaban J connectivity index is 1.81. The lowest BCUT2D eigenvalue weighted by molar-refractivity contribution is 0.210. The van der Waals surface area contributed by atoms with Gasteiger partial charge in [-0.15, -0.1) is 0 Å². The molecule has 2 aromatic rings. The van der Waals surface area contributed by atoms with Crippen molar-refractivity contribution in [3.63, 3.8) is 0 Å². The van der Waals surface area contributed by atoms with Gasteiger partial charge in [0.05, 0.1) is 6.61 Å². The summed E-state index contributed by atoms with van der Waals surface area (Å²) in [7, 11) is 0. The maximum absolute atomic E-state index is 9.19. The first-order valence-electron chi connectivity index (χ1n) is 6.57. The van der Waals surface area contributed by atoms with Gasteiger partial charge in [-0.2, -0.15) is 0 Å². The van der Waals surface area contributed by atoms with Crippen LogP contribution in [-0.2, 0) is 13.2 Å². The molecule has 4 heteroatoms. The highest BCUT2D eigenvalue weighted by Gasteiger charge is 2.01. The smallest absolute Gasteiger partial charge is 0.124 e. The summed E-state index contributed by atoms with van der Waals surface area (Å²) in [5, 5.41) is 9.19. The van der Waals surface area contributed by atoms with Crippen LogP contribution in [0.5, 0.6) is 11.5 Å². The van der Waals surface area contributed by atoms with Crippen molar-refractivity contribution in [2.45, 2.75) is 13.2 Å². The quantitative estimate of drug-likeness (QED) is 0.758. The van der Waals surface area contributed by atoms with E-state index in [0.717, 1.165) is 16.9 Å². The third-order valence-electron chi connectivity index (χ3n) is 2.89. The second kappa shape index (κ2) is 7.53. The number of aliphatic hydroxyl groups excluding tert-OH is 1. The zero-order valence-corrected chi connectivity index (χ0v) is 11.3. The summed E-state index contributed by atoms with van der Waals surface area (Å²) >= 11 is 0. The monoisotopic (exact) mass is 273 g/mol. The van der Waals surface area contributed by atoms with E-state index >= 15 is 0 Å². The van der Waals surface area contributed by atoms with Crippen LogP contribution in [0.4, 0.5) is 0 Å². The van der Waals surface area contributed by atoms with Gasteiger partial charge >= 0.3 is 0 Å². The summed E-state index contributed by atoms with van der Waals surface area (Å²) in [5.74, 6) is 1.47. The molecule has 0 saturated heterocycles. The van der Waals surface area contributed by atoms with Crippen molar-refractivity contribution >= 4 is 0 Å². The summed E-state index contributed by atoms with van der Waals surface area (Å²) in [4.78, 5) is 0. The van der Waals surface area contributed by atoms with Crippen LogP contribution in [0.1, 0.15) is 11.1 Å². The van der Waals surface area contributed by atoms with Crippen molar-refractivity contribution < 1.29 is 14.6 Å². The molecule has 4 nitrogen and oxygen atoms in total. The predicted octanol–water partition coefficient (Wildman–Crippen LogP) is 2.10. The molecule has 0 aliphatic carbocycles. The van der Waals surface area contributed by atoms with E-state index in [1.54, 1.807) is 0 Å². The van der Waals surface area contributed by atoms with Crippen LogP contribution in [0, 0.1) is 0 Å². The maximum atomic E-state index is 9.19. The second-order valence-corrected chi connectivity index (χ2v) is 4.31. The van der Waals surface area contributed by atoms with E-state index in [4.69, 9.17) is 15.2 Å². The molecule has 20 heavy (non-hydrogen) atoms. The van der Waals surface area contributed by atoms with Gasteiger partial charge < -0.3 is 20.3 Å². The molecule has 0 aliphatic heterocycles. The third kappa shape index (κ3) is 3.98. The van der Waals surface area contributed by atoms with Gasteiger partial charge in [-0.1, -0.05) is 30.3 Å². The molecule has 0 saturated carbocycles. The van der Waals surface area contributed by atoms with Crippen molar-refractivity contribution in [1.82, 2.24) is 0 Å². The molecule has 0 atom stereocenters. The van der Waals surface area contributed by atoms with E-state index in [1.165, 1.54) is 0 Å². The minimum Gasteiger partial charge on any atom is -0.490 e. The highest BCUT2D eigenvalue weighted by molar-refractivity contribution is 5.32. The Hall–Kier alpha value is -2.04. The molecule has 0 aromatic heterocycles. The van der Waals surface area contributed by atoms with Gasteiger partial charge in [-0.05, 0) is 23.8 Å². The molecule has 0 aliphatic rings. The van der Waals surface area contributed by atoms with Gasteiger partial charge in [0, 0.05) is 12.1 Å². The zero-order valence-electron chi connectivity index (χ0n) is 11.3. The van der Waals surface area contributed by atoms with Crippen LogP contribution >= 0.6 is 0 Å². The first kappa shape index (κ1) is 14.4. The molecule has 0 heterocycles. The Labute approximate surface area is 118 Å². The maximum Gasteiger partial charge on any atom is 0.124 e. The van der Waals surface area contributed by atoms with Crippen molar-refractivity contribution in [2.75, 3.05) is 13.2 Å². The minimum atomic E-state index is -0.0322. The summed E-state index contributed by atoms with van der Waals surface area (Å²) in [6.45, 7) is 1.32. The SMILES string of the molecule is NCc1cccc(OCCOc2ccccc2CO)c1. The lowest BCUT2D eigenvalue weighted by Gasteiger charge is -2.11. The molecular formula is C16H19NO3. The minimum absolute atomic E-state index is 0.0322. The van der Waals surface area contributed by atoms with Gasteiger partial charge in [-0.3, -0.25) is 0 Å². The lowest BCUT2D eigenvalue weighted by Crippen LogP contribution is -2.10. The number of ether oxygens (including phenoxy) is 2. The van der Waals surface area contributed by atoms with E-state index in [9.17, 15) is 5.11 Å². The van der Waals surface area contributed by atoms with Crippen molar-refractivity contribution in [3.05, 3.63) is 59.7 Å². The Morgan fingerprint density at radius 2 is 1.75 bits per heavy atom. The second-order valence-electron chi connectivity index (χ2n) is 4.31. The number of hydrogen-bond donors (Lipinski definition) is 2. The molecule has 106 valence electrons. The Kier molecular flexibility index (Phi) is 5.41. The normalized spacial score (nSPS) is 10.3. The number of nitrogens with two attached hydrogens (primary N) is 1. The first-order valence-corrected chi connectivity index (χ1v) is 6.57. The van der Waals surface area contributed by atoms with E-state index in [0.29, 0.717) is 25.5 Å². The molecule has 2 rings (SSSR count). The van der Waals surface area contributed by atoms with Crippen LogP contribution in [0.3, 0.4) is 0 Å². The Bertz CT molecular complexity index is 543. The zero-order chi connectivity index (χ0) is 14.2. The molecule has 0 radical (unpaired) electrons. The fourth-order valence-electron chi connectivity index (χ4n) is 1.85. The fourth-order valence-corrected chi connectivity index (χ4v) is 1.85. The number of hydrogen-bond acceptors (Lipinski definition) is 4. The van der Waals surface area contributed by atoms with E-state index in [1.807, 2.05) is 48.5 Å². The summed E-state index contributed by atoms with van der Waals surface area (Å²) < 4.78 is 11.2. The van der Waals surface area contributed by atoms with Crippen LogP contribution in [0.25, 0.3) is 0 Å². The van der Waals surface area contributed by atoms with Gasteiger partial charge in [-0.25, -0.2) is 0 Å². The van der Waals surface area contributed by atoms with E-state index < -0.39 is 0 Å². The largest absolute Gasteiger partial charge is 0.490 e. The number of benzene rings is 2. The van der Waals surface area contributed by atoms with Crippen molar-refractivity contribution in [3.8, 4) is 11.5 Å². The highest BCUT2D eigenvalue weighted by atomic mass is 16.5. The van der Waals surface area contributed by atoms with E-state index in [2.05, 4.69) is 0 Å². The first-order chi connectivity index (χ1) is 9.83. The Morgan fingerprint density at radius 1 is 0.950 bits per heavy atom. The van der Waals surface area contributed by atoms with Gasteiger partial charge in [0.25, 0.3) is 0 Å².